The van der Waals surface area contributed by atoms with Gasteiger partial charge >= 0.3 is 5.97 Å². The predicted octanol–water partition coefficient (Wildman–Crippen LogP) is 4.67. The molecular formula is C23H23N3O3. The van der Waals surface area contributed by atoms with Crippen molar-refractivity contribution in [2.75, 3.05) is 23.4 Å². The van der Waals surface area contributed by atoms with Gasteiger partial charge in [-0.3, -0.25) is 4.79 Å². The van der Waals surface area contributed by atoms with Crippen LogP contribution in [0.2, 0.25) is 0 Å². The fraction of sp³-hybridized carbons (Fsp3) is 0.174. The fourth-order valence-electron chi connectivity index (χ4n) is 2.92. The molecule has 0 bridgehead atoms. The van der Waals surface area contributed by atoms with E-state index in [9.17, 15) is 9.59 Å². The number of anilines is 3. The summed E-state index contributed by atoms with van der Waals surface area (Å²) in [6.45, 7) is 4.54. The largest absolute Gasteiger partial charge is 0.462 e. The van der Waals surface area contributed by atoms with E-state index in [1.807, 2.05) is 43.3 Å². The van der Waals surface area contributed by atoms with Gasteiger partial charge in [0.25, 0.3) is 5.91 Å². The summed E-state index contributed by atoms with van der Waals surface area (Å²) in [5.74, 6) is -0.561. The van der Waals surface area contributed by atoms with E-state index in [0.717, 1.165) is 5.69 Å². The minimum absolute atomic E-state index is 0.169. The van der Waals surface area contributed by atoms with Gasteiger partial charge in [0.05, 0.1) is 29.7 Å². The molecule has 1 heterocycles. The molecule has 3 aromatic rings. The van der Waals surface area contributed by atoms with Crippen LogP contribution in [-0.2, 0) is 4.74 Å². The first-order valence-electron chi connectivity index (χ1n) is 9.50. The maximum atomic E-state index is 12.8. The molecule has 0 aliphatic rings. The summed E-state index contributed by atoms with van der Waals surface area (Å²) in [6.07, 6.45) is 1.58. The molecule has 0 fully saturated rings. The lowest BCUT2D eigenvalue weighted by atomic mass is 10.1. The zero-order valence-electron chi connectivity index (χ0n) is 16.5. The van der Waals surface area contributed by atoms with Crippen LogP contribution in [0.15, 0.2) is 72.9 Å². The number of hydrogen-bond donors (Lipinski definition) is 1. The zero-order chi connectivity index (χ0) is 20.6. The van der Waals surface area contributed by atoms with Gasteiger partial charge in [-0.25, -0.2) is 9.78 Å². The second-order valence-electron chi connectivity index (χ2n) is 6.21. The molecule has 0 atom stereocenters. The minimum atomic E-state index is -0.392. The van der Waals surface area contributed by atoms with Crippen molar-refractivity contribution in [3.05, 3.63) is 84.2 Å². The van der Waals surface area contributed by atoms with E-state index in [1.54, 1.807) is 48.4 Å². The third kappa shape index (κ3) is 4.79. The van der Waals surface area contributed by atoms with Crippen molar-refractivity contribution in [2.45, 2.75) is 13.8 Å². The van der Waals surface area contributed by atoms with E-state index in [1.165, 1.54) is 0 Å². The molecule has 29 heavy (non-hydrogen) atoms. The quantitative estimate of drug-likeness (QED) is 0.595. The van der Waals surface area contributed by atoms with Gasteiger partial charge in [-0.05, 0) is 50.2 Å². The minimum Gasteiger partial charge on any atom is -0.462 e. The SMILES string of the molecule is CCOC(=O)c1ccccc1Nc1ccc(C(=O)N(CC)c2ccccc2)nc1. The van der Waals surface area contributed by atoms with Crippen LogP contribution in [-0.4, -0.2) is 30.0 Å². The predicted molar refractivity (Wildman–Crippen MR) is 114 cm³/mol. The maximum Gasteiger partial charge on any atom is 0.340 e. The smallest absolute Gasteiger partial charge is 0.340 e. The number of hydrogen-bond acceptors (Lipinski definition) is 5. The number of rotatable bonds is 7. The van der Waals surface area contributed by atoms with Gasteiger partial charge in [0.15, 0.2) is 0 Å². The highest BCUT2D eigenvalue weighted by molar-refractivity contribution is 6.05. The first-order chi connectivity index (χ1) is 14.1. The number of ether oxygens (including phenoxy) is 1. The average molecular weight is 389 g/mol. The van der Waals surface area contributed by atoms with Gasteiger partial charge in [0, 0.05) is 12.2 Å². The van der Waals surface area contributed by atoms with Crippen molar-refractivity contribution < 1.29 is 14.3 Å². The Labute approximate surface area is 170 Å². The van der Waals surface area contributed by atoms with Crippen molar-refractivity contribution in [2.24, 2.45) is 0 Å². The van der Waals surface area contributed by atoms with E-state index < -0.39 is 5.97 Å². The van der Waals surface area contributed by atoms with Crippen LogP contribution >= 0.6 is 0 Å². The van der Waals surface area contributed by atoms with Crippen LogP contribution < -0.4 is 10.2 Å². The summed E-state index contributed by atoms with van der Waals surface area (Å²) >= 11 is 0. The molecule has 0 aliphatic carbocycles. The van der Waals surface area contributed by atoms with E-state index in [-0.39, 0.29) is 5.91 Å². The van der Waals surface area contributed by atoms with E-state index >= 15 is 0 Å². The van der Waals surface area contributed by atoms with Gasteiger partial charge in [0.2, 0.25) is 0 Å². The number of amides is 1. The molecular weight excluding hydrogens is 366 g/mol. The lowest BCUT2D eigenvalue weighted by Gasteiger charge is -2.20. The Morgan fingerprint density at radius 1 is 0.966 bits per heavy atom. The normalized spacial score (nSPS) is 10.3. The Balaban J connectivity index is 1.77. The average Bonchev–Trinajstić information content (AvgIpc) is 2.76. The van der Waals surface area contributed by atoms with Gasteiger partial charge < -0.3 is 15.0 Å². The topological polar surface area (TPSA) is 71.5 Å². The number of aromatic nitrogens is 1. The summed E-state index contributed by atoms with van der Waals surface area (Å²) in [4.78, 5) is 30.9. The molecule has 0 spiro atoms. The van der Waals surface area contributed by atoms with Gasteiger partial charge in [-0.1, -0.05) is 30.3 Å². The number of pyridine rings is 1. The second kappa shape index (κ2) is 9.50. The number of nitrogens with one attached hydrogen (secondary N) is 1. The fourth-order valence-corrected chi connectivity index (χ4v) is 2.92. The first-order valence-corrected chi connectivity index (χ1v) is 9.50. The summed E-state index contributed by atoms with van der Waals surface area (Å²) in [5.41, 5.74) is 2.90. The lowest BCUT2D eigenvalue weighted by molar-refractivity contribution is 0.0527. The molecule has 2 aromatic carbocycles. The molecule has 0 saturated heterocycles. The Kier molecular flexibility index (Phi) is 6.58. The number of carbonyl (C=O) groups excluding carboxylic acids is 2. The van der Waals surface area contributed by atoms with Crippen LogP contribution in [0.5, 0.6) is 0 Å². The molecule has 0 radical (unpaired) electrons. The molecule has 1 N–H and O–H groups in total. The number of para-hydroxylation sites is 2. The Bertz CT molecular complexity index is 972. The third-order valence-electron chi connectivity index (χ3n) is 4.31. The van der Waals surface area contributed by atoms with E-state index in [4.69, 9.17) is 4.74 Å². The number of nitrogens with zero attached hydrogens (tertiary/aromatic N) is 2. The second-order valence-corrected chi connectivity index (χ2v) is 6.21. The van der Waals surface area contributed by atoms with Gasteiger partial charge in [-0.2, -0.15) is 0 Å². The van der Waals surface area contributed by atoms with Crippen LogP contribution in [0.4, 0.5) is 17.1 Å². The number of esters is 1. The maximum absolute atomic E-state index is 12.8. The van der Waals surface area contributed by atoms with E-state index in [2.05, 4.69) is 10.3 Å². The summed E-state index contributed by atoms with van der Waals surface area (Å²) in [7, 11) is 0. The summed E-state index contributed by atoms with van der Waals surface area (Å²) < 4.78 is 5.09. The first kappa shape index (κ1) is 20.1. The van der Waals surface area contributed by atoms with Crippen molar-refractivity contribution in [1.82, 2.24) is 4.98 Å². The molecule has 6 nitrogen and oxygen atoms in total. The molecule has 1 amide bonds. The molecule has 148 valence electrons. The highest BCUT2D eigenvalue weighted by Crippen LogP contribution is 2.22. The van der Waals surface area contributed by atoms with Gasteiger partial charge in [0.1, 0.15) is 5.69 Å². The van der Waals surface area contributed by atoms with Crippen LogP contribution in [0.1, 0.15) is 34.7 Å². The summed E-state index contributed by atoms with van der Waals surface area (Å²) in [5, 5.41) is 3.16. The Hall–Kier alpha value is -3.67. The third-order valence-corrected chi connectivity index (χ3v) is 4.31. The van der Waals surface area contributed by atoms with Crippen molar-refractivity contribution in [3.8, 4) is 0 Å². The van der Waals surface area contributed by atoms with Crippen molar-refractivity contribution in [1.29, 1.82) is 0 Å². The van der Waals surface area contributed by atoms with Gasteiger partial charge in [-0.15, -0.1) is 0 Å². The molecule has 1 aromatic heterocycles. The Morgan fingerprint density at radius 2 is 1.69 bits per heavy atom. The highest BCUT2D eigenvalue weighted by atomic mass is 16.5. The molecule has 0 unspecified atom stereocenters. The van der Waals surface area contributed by atoms with Crippen molar-refractivity contribution in [3.63, 3.8) is 0 Å². The van der Waals surface area contributed by atoms with Crippen LogP contribution in [0.25, 0.3) is 0 Å². The molecule has 6 heteroatoms. The van der Waals surface area contributed by atoms with Crippen molar-refractivity contribution >= 4 is 28.9 Å². The zero-order valence-corrected chi connectivity index (χ0v) is 16.5. The number of benzene rings is 2. The highest BCUT2D eigenvalue weighted by Gasteiger charge is 2.17. The Morgan fingerprint density at radius 3 is 2.34 bits per heavy atom. The van der Waals surface area contributed by atoms with E-state index in [0.29, 0.717) is 35.8 Å². The monoisotopic (exact) mass is 389 g/mol. The summed E-state index contributed by atoms with van der Waals surface area (Å²) in [6, 6.07) is 20.0. The lowest BCUT2D eigenvalue weighted by Crippen LogP contribution is -2.31. The molecule has 0 saturated carbocycles. The number of carbonyl (C=O) groups is 2. The van der Waals surface area contributed by atoms with Crippen LogP contribution in [0, 0.1) is 0 Å². The molecule has 3 rings (SSSR count). The van der Waals surface area contributed by atoms with Crippen LogP contribution in [0.3, 0.4) is 0 Å². The standard InChI is InChI=1S/C23H23N3O3/c1-3-26(18-10-6-5-7-11-18)22(27)21-15-14-17(16-24-21)25-20-13-9-8-12-19(20)23(28)29-4-2/h5-16,25H,3-4H2,1-2H3. The molecule has 0 aliphatic heterocycles.